The molecule has 0 spiro atoms. The fourth-order valence-corrected chi connectivity index (χ4v) is 9.22. The summed E-state index contributed by atoms with van der Waals surface area (Å²) < 4.78 is 6.33. The topological polar surface area (TPSA) is 16.4 Å². The Labute approximate surface area is 323 Å². The van der Waals surface area contributed by atoms with E-state index >= 15 is 0 Å². The summed E-state index contributed by atoms with van der Waals surface area (Å²) in [5, 5.41) is 14.9. The average Bonchev–Trinajstić information content (AvgIpc) is 3.67. The van der Waals surface area contributed by atoms with Gasteiger partial charge in [-0.1, -0.05) is 140 Å². The van der Waals surface area contributed by atoms with Crippen LogP contribution in [0.1, 0.15) is 0 Å². The molecule has 1 aromatic heterocycles. The first-order valence-corrected chi connectivity index (χ1v) is 19.3. The summed E-state index contributed by atoms with van der Waals surface area (Å²) in [5.74, 6) is 0. The highest BCUT2D eigenvalue weighted by atomic mass is 16.3. The predicted molar refractivity (Wildman–Crippen MR) is 238 cm³/mol. The monoisotopic (exact) mass is 711 g/mol. The molecule has 260 valence electrons. The molecule has 12 rings (SSSR count). The average molecular weight is 712 g/mol. The van der Waals surface area contributed by atoms with Gasteiger partial charge in [-0.05, 0) is 137 Å². The highest BCUT2D eigenvalue weighted by Crippen LogP contribution is 2.45. The maximum absolute atomic E-state index is 6.33. The van der Waals surface area contributed by atoms with Crippen molar-refractivity contribution < 1.29 is 4.42 Å². The van der Waals surface area contributed by atoms with Gasteiger partial charge in [0.25, 0.3) is 0 Å². The largest absolute Gasteiger partial charge is 0.456 e. The van der Waals surface area contributed by atoms with Gasteiger partial charge in [0.15, 0.2) is 0 Å². The van der Waals surface area contributed by atoms with Crippen LogP contribution in [-0.4, -0.2) is 0 Å². The van der Waals surface area contributed by atoms with Crippen molar-refractivity contribution in [3.8, 4) is 22.3 Å². The smallest absolute Gasteiger partial charge is 0.136 e. The van der Waals surface area contributed by atoms with Crippen LogP contribution in [0.15, 0.2) is 205 Å². The zero-order valence-electron chi connectivity index (χ0n) is 30.4. The summed E-state index contributed by atoms with van der Waals surface area (Å²) in [6.45, 7) is 0. The summed E-state index contributed by atoms with van der Waals surface area (Å²) >= 11 is 0. The lowest BCUT2D eigenvalue weighted by Crippen LogP contribution is -2.09. The highest BCUT2D eigenvalue weighted by molar-refractivity contribution is 6.33. The van der Waals surface area contributed by atoms with E-state index in [-0.39, 0.29) is 0 Å². The van der Waals surface area contributed by atoms with Crippen molar-refractivity contribution in [1.82, 2.24) is 0 Å². The molecule has 0 bridgehead atoms. The minimum atomic E-state index is 0.942. The lowest BCUT2D eigenvalue weighted by atomic mass is 9.90. The van der Waals surface area contributed by atoms with Crippen LogP contribution in [0.2, 0.25) is 0 Å². The molecule has 0 aliphatic carbocycles. The molecule has 1 heterocycles. The van der Waals surface area contributed by atoms with Crippen molar-refractivity contribution in [3.05, 3.63) is 200 Å². The van der Waals surface area contributed by atoms with Gasteiger partial charge in [0.1, 0.15) is 11.2 Å². The van der Waals surface area contributed by atoms with Crippen LogP contribution in [0.25, 0.3) is 98.1 Å². The number of rotatable bonds is 5. The molecule has 0 aliphatic heterocycles. The van der Waals surface area contributed by atoms with Crippen LogP contribution >= 0.6 is 0 Å². The third-order valence-corrected chi connectivity index (χ3v) is 11.8. The number of hydrogen-bond acceptors (Lipinski definition) is 2. The third-order valence-electron chi connectivity index (χ3n) is 11.8. The molecule has 2 heteroatoms. The van der Waals surface area contributed by atoms with Crippen LogP contribution in [0.3, 0.4) is 0 Å². The van der Waals surface area contributed by atoms with E-state index in [9.17, 15) is 0 Å². The molecule has 0 N–H and O–H groups in total. The maximum Gasteiger partial charge on any atom is 0.136 e. The molecule has 2 nitrogen and oxygen atoms in total. The number of anilines is 3. The molecule has 0 fully saturated rings. The number of hydrogen-bond donors (Lipinski definition) is 0. The minimum Gasteiger partial charge on any atom is -0.456 e. The highest BCUT2D eigenvalue weighted by Gasteiger charge is 2.19. The van der Waals surface area contributed by atoms with E-state index in [2.05, 4.69) is 205 Å². The predicted octanol–water partition coefficient (Wildman–Crippen LogP) is 15.6. The van der Waals surface area contributed by atoms with Gasteiger partial charge in [0, 0.05) is 27.8 Å². The minimum absolute atomic E-state index is 0.942. The van der Waals surface area contributed by atoms with Crippen LogP contribution in [0, 0.1) is 0 Å². The van der Waals surface area contributed by atoms with Gasteiger partial charge in [0.05, 0.1) is 0 Å². The molecule has 0 atom stereocenters. The second kappa shape index (κ2) is 12.0. The maximum atomic E-state index is 6.33. The second-order valence-corrected chi connectivity index (χ2v) is 14.8. The van der Waals surface area contributed by atoms with E-state index in [1.165, 1.54) is 86.9 Å². The Morgan fingerprint density at radius 3 is 1.30 bits per heavy atom. The van der Waals surface area contributed by atoms with Gasteiger partial charge in [-0.15, -0.1) is 0 Å². The third kappa shape index (κ3) is 4.63. The fraction of sp³-hybridized carbons (Fsp3) is 0. The lowest BCUT2D eigenvalue weighted by Gasteiger charge is -2.26. The summed E-state index contributed by atoms with van der Waals surface area (Å²) in [4.78, 5) is 2.37. The van der Waals surface area contributed by atoms with Crippen LogP contribution in [0.5, 0.6) is 0 Å². The van der Waals surface area contributed by atoms with E-state index in [4.69, 9.17) is 4.42 Å². The summed E-state index contributed by atoms with van der Waals surface area (Å²) in [7, 11) is 0. The Morgan fingerprint density at radius 1 is 0.250 bits per heavy atom. The van der Waals surface area contributed by atoms with E-state index < -0.39 is 0 Å². The number of furan rings is 1. The zero-order chi connectivity index (χ0) is 36.7. The molecule has 0 unspecified atom stereocenters. The quantitative estimate of drug-likeness (QED) is 0.165. The normalized spacial score (nSPS) is 11.9. The van der Waals surface area contributed by atoms with Crippen LogP contribution in [-0.2, 0) is 0 Å². The molecule has 0 saturated heterocycles. The zero-order valence-corrected chi connectivity index (χ0v) is 30.4. The Hall–Kier alpha value is -7.42. The van der Waals surface area contributed by atoms with Crippen molar-refractivity contribution in [2.75, 3.05) is 4.90 Å². The van der Waals surface area contributed by atoms with Crippen molar-refractivity contribution >= 4 is 92.9 Å². The molecule has 0 saturated carbocycles. The lowest BCUT2D eigenvalue weighted by molar-refractivity contribution is 0.669. The van der Waals surface area contributed by atoms with Gasteiger partial charge < -0.3 is 9.32 Å². The van der Waals surface area contributed by atoms with Crippen molar-refractivity contribution in [1.29, 1.82) is 0 Å². The molecular weight excluding hydrogens is 679 g/mol. The first-order valence-electron chi connectivity index (χ1n) is 19.3. The summed E-state index contributed by atoms with van der Waals surface area (Å²) in [6, 6.07) is 72.9. The second-order valence-electron chi connectivity index (χ2n) is 14.8. The standard InChI is InChI=1S/C54H33NO/c1-3-11-34(12-4-1)35-21-25-39(26-22-35)55(38-13-5-2-6-14-38)40-27-30-44-42-16-8-7-15-41(42)43-28-23-37(32-49(43)50(44)33-40)36-24-29-45-46-17-9-19-51-53(46)54-47(48(45)31-36)18-10-20-52(54)56-51/h1-33H. The van der Waals surface area contributed by atoms with Crippen molar-refractivity contribution in [3.63, 3.8) is 0 Å². The summed E-state index contributed by atoms with van der Waals surface area (Å²) in [6.07, 6.45) is 0. The number of nitrogens with zero attached hydrogens (tertiary/aromatic N) is 1. The molecule has 56 heavy (non-hydrogen) atoms. The number of para-hydroxylation sites is 1. The Bertz CT molecular complexity index is 3450. The Balaban J connectivity index is 1.07. The van der Waals surface area contributed by atoms with Crippen molar-refractivity contribution in [2.24, 2.45) is 0 Å². The Morgan fingerprint density at radius 2 is 0.661 bits per heavy atom. The first-order chi connectivity index (χ1) is 27.8. The first kappa shape index (κ1) is 31.0. The van der Waals surface area contributed by atoms with E-state index in [1.807, 2.05) is 0 Å². The van der Waals surface area contributed by atoms with E-state index in [0.29, 0.717) is 0 Å². The number of benzene rings is 11. The van der Waals surface area contributed by atoms with E-state index in [1.54, 1.807) is 0 Å². The van der Waals surface area contributed by atoms with Crippen LogP contribution < -0.4 is 4.90 Å². The molecule has 12 aromatic rings. The van der Waals surface area contributed by atoms with Gasteiger partial charge in [-0.3, -0.25) is 0 Å². The molecule has 0 aliphatic rings. The molecule has 0 amide bonds. The molecular formula is C54H33NO. The van der Waals surface area contributed by atoms with Crippen molar-refractivity contribution in [2.45, 2.75) is 0 Å². The fourth-order valence-electron chi connectivity index (χ4n) is 9.22. The SMILES string of the molecule is c1ccc(-c2ccc(N(c3ccccc3)c3ccc4c5ccccc5c5ccc(-c6ccc7c(c6)c6cccc8oc9cccc7c9c86)cc5c4c3)cc2)cc1. The molecule has 11 aromatic carbocycles. The Kier molecular flexibility index (Phi) is 6.66. The summed E-state index contributed by atoms with van der Waals surface area (Å²) in [5.41, 5.74) is 10.0. The molecule has 0 radical (unpaired) electrons. The van der Waals surface area contributed by atoms with Gasteiger partial charge in [-0.25, -0.2) is 0 Å². The van der Waals surface area contributed by atoms with Gasteiger partial charge in [0.2, 0.25) is 0 Å². The van der Waals surface area contributed by atoms with E-state index in [0.717, 1.165) is 28.2 Å². The number of fused-ring (bicyclic) bond motifs is 9. The van der Waals surface area contributed by atoms with Gasteiger partial charge >= 0.3 is 0 Å². The van der Waals surface area contributed by atoms with Crippen LogP contribution in [0.4, 0.5) is 17.1 Å². The van der Waals surface area contributed by atoms with Gasteiger partial charge in [-0.2, -0.15) is 0 Å².